The monoisotopic (exact) mass is 277 g/mol. The fourth-order valence-corrected chi connectivity index (χ4v) is 2.09. The second-order valence-corrected chi connectivity index (χ2v) is 4.64. The quantitative estimate of drug-likeness (QED) is 0.615. The van der Waals surface area contributed by atoms with Crippen molar-refractivity contribution in [2.45, 2.75) is 40.0 Å². The number of hydrogen-bond donors (Lipinski definition) is 1. The van der Waals surface area contributed by atoms with E-state index in [0.29, 0.717) is 18.7 Å². The van der Waals surface area contributed by atoms with Gasteiger partial charge in [0.15, 0.2) is 0 Å². The van der Waals surface area contributed by atoms with Crippen LogP contribution in [-0.4, -0.2) is 25.0 Å². The van der Waals surface area contributed by atoms with E-state index >= 15 is 0 Å². The summed E-state index contributed by atoms with van der Waals surface area (Å²) in [6.45, 7) is 6.44. The molecule has 0 unspecified atom stereocenters. The molecule has 0 fully saturated rings. The molecule has 0 saturated heterocycles. The second-order valence-electron chi connectivity index (χ2n) is 4.64. The smallest absolute Gasteiger partial charge is 0.338 e. The van der Waals surface area contributed by atoms with Crippen LogP contribution in [0.1, 0.15) is 48.7 Å². The molecule has 0 heterocycles. The Kier molecular flexibility index (Phi) is 6.77. The van der Waals surface area contributed by atoms with Crippen LogP contribution in [0.4, 0.5) is 0 Å². The van der Waals surface area contributed by atoms with Gasteiger partial charge in [0, 0.05) is 13.5 Å². The number of aryl methyl sites for hydroxylation is 2. The summed E-state index contributed by atoms with van der Waals surface area (Å²) in [6, 6.07) is 5.71. The van der Waals surface area contributed by atoms with Gasteiger partial charge in [0.1, 0.15) is 0 Å². The summed E-state index contributed by atoms with van der Waals surface area (Å²) >= 11 is 0. The van der Waals surface area contributed by atoms with Crippen LogP contribution in [0, 0.1) is 0 Å². The maximum absolute atomic E-state index is 11.7. The molecule has 1 N–H and O–H groups in total. The van der Waals surface area contributed by atoms with Gasteiger partial charge >= 0.3 is 5.97 Å². The minimum Gasteiger partial charge on any atom is -0.462 e. The molecule has 1 aromatic rings. The molecular weight excluding hydrogens is 254 g/mol. The average Bonchev–Trinajstić information content (AvgIpc) is 2.43. The van der Waals surface area contributed by atoms with E-state index in [-0.39, 0.29) is 11.9 Å². The molecule has 0 bridgehead atoms. The van der Waals surface area contributed by atoms with Crippen LogP contribution in [0.2, 0.25) is 0 Å². The molecule has 0 spiro atoms. The van der Waals surface area contributed by atoms with Crippen LogP contribution in [-0.2, 0) is 22.4 Å². The molecule has 4 nitrogen and oxygen atoms in total. The average molecular weight is 277 g/mol. The molecule has 1 aromatic carbocycles. The summed E-state index contributed by atoms with van der Waals surface area (Å²) in [5, 5.41) is 2.78. The number of amides is 1. The lowest BCUT2D eigenvalue weighted by Crippen LogP contribution is -2.21. The minimum absolute atomic E-state index is 0.0130. The highest BCUT2D eigenvalue weighted by Crippen LogP contribution is 2.16. The third kappa shape index (κ3) is 5.03. The molecule has 0 saturated carbocycles. The number of carbonyl (C=O) groups excluding carboxylic acids is 2. The fraction of sp³-hybridized carbons (Fsp3) is 0.500. The first-order valence-corrected chi connectivity index (χ1v) is 7.11. The maximum atomic E-state index is 11.7. The van der Waals surface area contributed by atoms with Gasteiger partial charge in [-0.3, -0.25) is 4.79 Å². The van der Waals surface area contributed by atoms with E-state index in [0.717, 1.165) is 24.8 Å². The second kappa shape index (κ2) is 8.35. The maximum Gasteiger partial charge on any atom is 0.338 e. The zero-order valence-corrected chi connectivity index (χ0v) is 12.5. The predicted octanol–water partition coefficient (Wildman–Crippen LogP) is 2.49. The number of nitrogens with one attached hydrogen (secondary N) is 1. The Labute approximate surface area is 120 Å². The Hall–Kier alpha value is -1.84. The molecule has 1 amide bonds. The predicted molar refractivity (Wildman–Crippen MR) is 78.8 cm³/mol. The van der Waals surface area contributed by atoms with E-state index in [1.165, 1.54) is 12.5 Å². The number of hydrogen-bond acceptors (Lipinski definition) is 3. The SMILES string of the molecule is CCOC(=O)c1ccc(CC)c(CCCNC(C)=O)c1. The number of esters is 1. The number of rotatable bonds is 7. The van der Waals surface area contributed by atoms with Gasteiger partial charge in [-0.1, -0.05) is 13.0 Å². The summed E-state index contributed by atoms with van der Waals surface area (Å²) in [6.07, 6.45) is 2.63. The van der Waals surface area contributed by atoms with Gasteiger partial charge in [-0.05, 0) is 49.4 Å². The molecule has 0 radical (unpaired) electrons. The summed E-state index contributed by atoms with van der Waals surface area (Å²) in [7, 11) is 0. The zero-order valence-electron chi connectivity index (χ0n) is 12.5. The molecule has 4 heteroatoms. The van der Waals surface area contributed by atoms with Gasteiger partial charge in [0.05, 0.1) is 12.2 Å². The van der Waals surface area contributed by atoms with Crippen LogP contribution >= 0.6 is 0 Å². The highest BCUT2D eigenvalue weighted by atomic mass is 16.5. The van der Waals surface area contributed by atoms with Gasteiger partial charge in [-0.25, -0.2) is 4.79 Å². The molecular formula is C16H23NO3. The van der Waals surface area contributed by atoms with Crippen LogP contribution < -0.4 is 5.32 Å². The van der Waals surface area contributed by atoms with Crippen molar-refractivity contribution in [1.82, 2.24) is 5.32 Å². The first-order valence-electron chi connectivity index (χ1n) is 7.11. The standard InChI is InChI=1S/C16H23NO3/c1-4-13-8-9-15(16(19)20-5-2)11-14(13)7-6-10-17-12(3)18/h8-9,11H,4-7,10H2,1-3H3,(H,17,18). The van der Waals surface area contributed by atoms with E-state index < -0.39 is 0 Å². The Balaban J connectivity index is 2.73. The van der Waals surface area contributed by atoms with Crippen molar-refractivity contribution >= 4 is 11.9 Å². The van der Waals surface area contributed by atoms with Gasteiger partial charge in [-0.2, -0.15) is 0 Å². The lowest BCUT2D eigenvalue weighted by molar-refractivity contribution is -0.118. The van der Waals surface area contributed by atoms with Crippen molar-refractivity contribution in [2.75, 3.05) is 13.2 Å². The van der Waals surface area contributed by atoms with Crippen molar-refractivity contribution < 1.29 is 14.3 Å². The van der Waals surface area contributed by atoms with E-state index in [2.05, 4.69) is 12.2 Å². The molecule has 0 atom stereocenters. The van der Waals surface area contributed by atoms with Crippen LogP contribution in [0.3, 0.4) is 0 Å². The number of benzene rings is 1. The highest BCUT2D eigenvalue weighted by Gasteiger charge is 2.09. The Bertz CT molecular complexity index is 469. The van der Waals surface area contributed by atoms with Crippen LogP contribution in [0.5, 0.6) is 0 Å². The van der Waals surface area contributed by atoms with Crippen molar-refractivity contribution in [3.8, 4) is 0 Å². The molecule has 0 aliphatic rings. The van der Waals surface area contributed by atoms with Crippen molar-refractivity contribution in [2.24, 2.45) is 0 Å². The van der Waals surface area contributed by atoms with Gasteiger partial charge in [0.25, 0.3) is 0 Å². The number of ether oxygens (including phenoxy) is 1. The first kappa shape index (κ1) is 16.2. The lowest BCUT2D eigenvalue weighted by atomic mass is 9.98. The van der Waals surface area contributed by atoms with Crippen LogP contribution in [0.25, 0.3) is 0 Å². The largest absolute Gasteiger partial charge is 0.462 e. The Morgan fingerprint density at radius 3 is 2.55 bits per heavy atom. The van der Waals surface area contributed by atoms with Crippen LogP contribution in [0.15, 0.2) is 18.2 Å². The van der Waals surface area contributed by atoms with Gasteiger partial charge in [0.2, 0.25) is 5.91 Å². The van der Waals surface area contributed by atoms with E-state index in [9.17, 15) is 9.59 Å². The van der Waals surface area contributed by atoms with Crippen molar-refractivity contribution in [3.63, 3.8) is 0 Å². The molecule has 110 valence electrons. The third-order valence-electron chi connectivity index (χ3n) is 3.10. The number of carbonyl (C=O) groups is 2. The Morgan fingerprint density at radius 1 is 1.20 bits per heavy atom. The molecule has 0 aliphatic carbocycles. The highest BCUT2D eigenvalue weighted by molar-refractivity contribution is 5.89. The zero-order chi connectivity index (χ0) is 15.0. The van der Waals surface area contributed by atoms with Gasteiger partial charge < -0.3 is 10.1 Å². The van der Waals surface area contributed by atoms with Gasteiger partial charge in [-0.15, -0.1) is 0 Å². The molecule has 0 aliphatic heterocycles. The van der Waals surface area contributed by atoms with Crippen molar-refractivity contribution in [3.05, 3.63) is 34.9 Å². The summed E-state index contributed by atoms with van der Waals surface area (Å²) in [5.74, 6) is -0.292. The summed E-state index contributed by atoms with van der Waals surface area (Å²) in [5.41, 5.74) is 2.99. The van der Waals surface area contributed by atoms with Crippen molar-refractivity contribution in [1.29, 1.82) is 0 Å². The lowest BCUT2D eigenvalue weighted by Gasteiger charge is -2.10. The van der Waals surface area contributed by atoms with E-state index in [4.69, 9.17) is 4.74 Å². The molecule has 1 rings (SSSR count). The summed E-state index contributed by atoms with van der Waals surface area (Å²) in [4.78, 5) is 22.6. The van der Waals surface area contributed by atoms with E-state index in [1.54, 1.807) is 6.92 Å². The summed E-state index contributed by atoms with van der Waals surface area (Å²) < 4.78 is 5.02. The third-order valence-corrected chi connectivity index (χ3v) is 3.10. The molecule has 20 heavy (non-hydrogen) atoms. The minimum atomic E-state index is -0.279. The van der Waals surface area contributed by atoms with E-state index in [1.807, 2.05) is 18.2 Å². The topological polar surface area (TPSA) is 55.4 Å². The normalized spacial score (nSPS) is 10.2. The Morgan fingerprint density at radius 2 is 1.95 bits per heavy atom. The molecule has 0 aromatic heterocycles. The fourth-order valence-electron chi connectivity index (χ4n) is 2.09. The first-order chi connectivity index (χ1) is 9.58.